The average Bonchev–Trinajstić information content (AvgIpc) is 2.80. The Balaban J connectivity index is 2.32. The van der Waals surface area contributed by atoms with Gasteiger partial charge in [-0.2, -0.15) is 0 Å². The predicted molar refractivity (Wildman–Crippen MR) is 62.8 cm³/mol. The van der Waals surface area contributed by atoms with Crippen LogP contribution >= 0.6 is 11.3 Å². The van der Waals surface area contributed by atoms with Crippen LogP contribution in [0, 0.1) is 0 Å². The van der Waals surface area contributed by atoms with E-state index in [0.29, 0.717) is 5.69 Å². The minimum Gasteiger partial charge on any atom is -0.370 e. The van der Waals surface area contributed by atoms with Gasteiger partial charge in [0.1, 0.15) is 16.8 Å². The van der Waals surface area contributed by atoms with Crippen molar-refractivity contribution in [2.75, 3.05) is 7.11 Å². The molecule has 0 N–H and O–H groups in total. The monoisotopic (exact) mass is 233 g/mol. The number of hydrogen-bond acceptors (Lipinski definition) is 4. The molecule has 0 radical (unpaired) electrons. The maximum Gasteiger partial charge on any atom is 0.169 e. The Hall–Kier alpha value is -1.52. The number of hydrogen-bond donors (Lipinski definition) is 0. The molecule has 0 saturated heterocycles. The highest BCUT2D eigenvalue weighted by molar-refractivity contribution is 7.09. The van der Waals surface area contributed by atoms with Crippen LogP contribution < -0.4 is 0 Å². The van der Waals surface area contributed by atoms with E-state index in [-0.39, 0.29) is 6.10 Å². The maximum atomic E-state index is 10.6. The summed E-state index contributed by atoms with van der Waals surface area (Å²) in [7, 11) is 1.64. The largest absolute Gasteiger partial charge is 0.370 e. The molecule has 0 aliphatic rings. The normalized spacial score (nSPS) is 12.3. The standard InChI is InChI=1S/C12H11NO2S/c1-15-11(9-5-3-2-4-6-9)12-13-10(7-14)8-16-12/h2-8,11H,1H3. The zero-order chi connectivity index (χ0) is 11.4. The van der Waals surface area contributed by atoms with E-state index in [1.54, 1.807) is 12.5 Å². The molecule has 0 aliphatic carbocycles. The summed E-state index contributed by atoms with van der Waals surface area (Å²) in [5.41, 5.74) is 1.50. The fourth-order valence-electron chi connectivity index (χ4n) is 1.48. The van der Waals surface area contributed by atoms with Gasteiger partial charge in [-0.05, 0) is 5.56 Å². The Kier molecular flexibility index (Phi) is 3.44. The first-order valence-electron chi connectivity index (χ1n) is 4.83. The molecule has 0 spiro atoms. The van der Waals surface area contributed by atoms with Crippen molar-refractivity contribution in [1.82, 2.24) is 4.98 Å². The quantitative estimate of drug-likeness (QED) is 0.762. The van der Waals surface area contributed by atoms with E-state index >= 15 is 0 Å². The van der Waals surface area contributed by atoms with Crippen LogP contribution in [0.25, 0.3) is 0 Å². The molecule has 2 rings (SSSR count). The number of carbonyl (C=O) groups excluding carboxylic acids is 1. The molecular weight excluding hydrogens is 222 g/mol. The van der Waals surface area contributed by atoms with E-state index in [1.807, 2.05) is 30.3 Å². The molecule has 0 saturated carbocycles. The predicted octanol–water partition coefficient (Wildman–Crippen LogP) is 2.69. The molecule has 0 amide bonds. The lowest BCUT2D eigenvalue weighted by molar-refractivity contribution is 0.111. The SMILES string of the molecule is COC(c1ccccc1)c1nc(C=O)cs1. The van der Waals surface area contributed by atoms with Gasteiger partial charge < -0.3 is 4.74 Å². The summed E-state index contributed by atoms with van der Waals surface area (Å²) in [5.74, 6) is 0. The second-order valence-electron chi connectivity index (χ2n) is 3.25. The molecular formula is C12H11NO2S. The lowest BCUT2D eigenvalue weighted by Gasteiger charge is -2.12. The van der Waals surface area contributed by atoms with Crippen LogP contribution in [0.1, 0.15) is 27.2 Å². The van der Waals surface area contributed by atoms with Crippen LogP contribution in [0.4, 0.5) is 0 Å². The van der Waals surface area contributed by atoms with Gasteiger partial charge in [-0.25, -0.2) is 4.98 Å². The van der Waals surface area contributed by atoms with Crippen LogP contribution in [0.2, 0.25) is 0 Å². The summed E-state index contributed by atoms with van der Waals surface area (Å²) >= 11 is 1.43. The van der Waals surface area contributed by atoms with Gasteiger partial charge in [0.2, 0.25) is 0 Å². The first-order valence-corrected chi connectivity index (χ1v) is 5.71. The summed E-state index contributed by atoms with van der Waals surface area (Å²) in [6.07, 6.45) is 0.553. The van der Waals surface area contributed by atoms with Crippen LogP contribution in [-0.4, -0.2) is 18.4 Å². The van der Waals surface area contributed by atoms with Gasteiger partial charge in [-0.3, -0.25) is 4.79 Å². The van der Waals surface area contributed by atoms with E-state index in [4.69, 9.17) is 4.74 Å². The highest BCUT2D eigenvalue weighted by Crippen LogP contribution is 2.27. The molecule has 0 fully saturated rings. The van der Waals surface area contributed by atoms with Crippen molar-refractivity contribution in [1.29, 1.82) is 0 Å². The number of aromatic nitrogens is 1. The van der Waals surface area contributed by atoms with Crippen molar-refractivity contribution in [2.24, 2.45) is 0 Å². The lowest BCUT2D eigenvalue weighted by atomic mass is 10.1. The fourth-order valence-corrected chi connectivity index (χ4v) is 2.35. The summed E-state index contributed by atoms with van der Waals surface area (Å²) in [5, 5.41) is 2.54. The summed E-state index contributed by atoms with van der Waals surface area (Å²) in [6.45, 7) is 0. The maximum absolute atomic E-state index is 10.6. The third kappa shape index (κ3) is 2.18. The van der Waals surface area contributed by atoms with E-state index in [0.717, 1.165) is 16.9 Å². The van der Waals surface area contributed by atoms with Crippen molar-refractivity contribution in [2.45, 2.75) is 6.10 Å². The first kappa shape index (κ1) is 11.0. The molecule has 0 aliphatic heterocycles. The average molecular weight is 233 g/mol. The molecule has 0 bridgehead atoms. The zero-order valence-corrected chi connectivity index (χ0v) is 9.61. The number of thiazole rings is 1. The number of benzene rings is 1. The van der Waals surface area contributed by atoms with Crippen molar-refractivity contribution in [3.05, 3.63) is 52.0 Å². The Bertz CT molecular complexity index is 467. The number of methoxy groups -OCH3 is 1. The Morgan fingerprint density at radius 1 is 1.38 bits per heavy atom. The highest BCUT2D eigenvalue weighted by Gasteiger charge is 2.16. The van der Waals surface area contributed by atoms with Crippen molar-refractivity contribution >= 4 is 17.6 Å². The van der Waals surface area contributed by atoms with Crippen molar-refractivity contribution in [3.8, 4) is 0 Å². The van der Waals surface area contributed by atoms with Crippen LogP contribution in [0.3, 0.4) is 0 Å². The molecule has 1 aromatic heterocycles. The van der Waals surface area contributed by atoms with E-state index in [1.165, 1.54) is 11.3 Å². The molecule has 1 aromatic carbocycles. The van der Waals surface area contributed by atoms with Crippen molar-refractivity contribution in [3.63, 3.8) is 0 Å². The number of carbonyl (C=O) groups is 1. The van der Waals surface area contributed by atoms with Gasteiger partial charge in [0, 0.05) is 12.5 Å². The van der Waals surface area contributed by atoms with Gasteiger partial charge in [0.05, 0.1) is 0 Å². The van der Waals surface area contributed by atoms with E-state index in [2.05, 4.69) is 4.98 Å². The third-order valence-corrected chi connectivity index (χ3v) is 3.13. The molecule has 1 heterocycles. The van der Waals surface area contributed by atoms with Gasteiger partial charge in [0.25, 0.3) is 0 Å². The molecule has 16 heavy (non-hydrogen) atoms. The Labute approximate surface area is 97.7 Å². The lowest BCUT2D eigenvalue weighted by Crippen LogP contribution is -2.03. The second kappa shape index (κ2) is 5.01. The number of nitrogens with zero attached hydrogens (tertiary/aromatic N) is 1. The van der Waals surface area contributed by atoms with E-state index in [9.17, 15) is 4.79 Å². The fraction of sp³-hybridized carbons (Fsp3) is 0.167. The Morgan fingerprint density at radius 2 is 2.12 bits per heavy atom. The highest BCUT2D eigenvalue weighted by atomic mass is 32.1. The molecule has 2 aromatic rings. The number of rotatable bonds is 4. The smallest absolute Gasteiger partial charge is 0.169 e. The summed E-state index contributed by atoms with van der Waals surface area (Å²) in [6, 6.07) is 9.83. The minimum atomic E-state index is -0.195. The topological polar surface area (TPSA) is 39.2 Å². The molecule has 3 nitrogen and oxygen atoms in total. The van der Waals surface area contributed by atoms with Crippen LogP contribution in [0.15, 0.2) is 35.7 Å². The minimum absolute atomic E-state index is 0.195. The molecule has 1 unspecified atom stereocenters. The second-order valence-corrected chi connectivity index (χ2v) is 4.14. The number of aldehydes is 1. The van der Waals surface area contributed by atoms with Crippen molar-refractivity contribution < 1.29 is 9.53 Å². The molecule has 82 valence electrons. The zero-order valence-electron chi connectivity index (χ0n) is 8.79. The first-order chi connectivity index (χ1) is 7.85. The Morgan fingerprint density at radius 3 is 2.69 bits per heavy atom. The molecule has 4 heteroatoms. The van der Waals surface area contributed by atoms with Crippen LogP contribution in [-0.2, 0) is 4.74 Å². The third-order valence-electron chi connectivity index (χ3n) is 2.22. The molecule has 1 atom stereocenters. The number of ether oxygens (including phenoxy) is 1. The van der Waals surface area contributed by atoms with Gasteiger partial charge in [-0.1, -0.05) is 30.3 Å². The van der Waals surface area contributed by atoms with Gasteiger partial charge in [-0.15, -0.1) is 11.3 Å². The van der Waals surface area contributed by atoms with E-state index < -0.39 is 0 Å². The van der Waals surface area contributed by atoms with Gasteiger partial charge >= 0.3 is 0 Å². The summed E-state index contributed by atoms with van der Waals surface area (Å²) < 4.78 is 5.41. The van der Waals surface area contributed by atoms with Gasteiger partial charge in [0.15, 0.2) is 6.29 Å². The summed E-state index contributed by atoms with van der Waals surface area (Å²) in [4.78, 5) is 14.8. The van der Waals surface area contributed by atoms with Crippen LogP contribution in [0.5, 0.6) is 0 Å².